The molecule has 0 amide bonds. The highest BCUT2D eigenvalue weighted by molar-refractivity contribution is 5.18. The van der Waals surface area contributed by atoms with Crippen LogP contribution in [0.25, 0.3) is 0 Å². The lowest BCUT2D eigenvalue weighted by molar-refractivity contribution is -0.0699. The Kier molecular flexibility index (Phi) is 2.85. The highest BCUT2D eigenvalue weighted by Gasteiger charge is 2.34. The summed E-state index contributed by atoms with van der Waals surface area (Å²) < 4.78 is 0. The van der Waals surface area contributed by atoms with Crippen molar-refractivity contribution in [3.63, 3.8) is 0 Å². The Morgan fingerprint density at radius 3 is 2.33 bits per heavy atom. The van der Waals surface area contributed by atoms with E-state index in [1.807, 2.05) is 0 Å². The van der Waals surface area contributed by atoms with Crippen molar-refractivity contribution >= 4 is 0 Å². The molecule has 4 heteroatoms. The zero-order chi connectivity index (χ0) is 9.30. The molecule has 4 N–H and O–H groups in total. The summed E-state index contributed by atoms with van der Waals surface area (Å²) in [5, 5.41) is 36.6. The van der Waals surface area contributed by atoms with Gasteiger partial charge in [-0.15, -0.1) is 0 Å². The molecule has 0 aromatic rings. The lowest BCUT2D eigenvalue weighted by Crippen LogP contribution is -2.45. The molecule has 12 heavy (non-hydrogen) atoms. The maximum absolute atomic E-state index is 9.29. The Balaban J connectivity index is 2.84. The van der Waals surface area contributed by atoms with Gasteiger partial charge >= 0.3 is 0 Å². The fraction of sp³-hybridized carbons (Fsp3) is 0.750. The molecule has 1 rings (SSSR count). The van der Waals surface area contributed by atoms with Gasteiger partial charge in [-0.1, -0.05) is 13.0 Å². The molecule has 0 aromatic heterocycles. The van der Waals surface area contributed by atoms with Crippen LogP contribution in [-0.2, 0) is 0 Å². The smallest absolute Gasteiger partial charge is 0.110 e. The van der Waals surface area contributed by atoms with Crippen LogP contribution in [0.5, 0.6) is 0 Å². The van der Waals surface area contributed by atoms with Gasteiger partial charge in [0.25, 0.3) is 0 Å². The van der Waals surface area contributed by atoms with E-state index in [4.69, 9.17) is 5.11 Å². The Hall–Kier alpha value is -0.420. The average molecular weight is 174 g/mol. The van der Waals surface area contributed by atoms with Gasteiger partial charge < -0.3 is 20.4 Å². The van der Waals surface area contributed by atoms with E-state index in [-0.39, 0.29) is 12.5 Å². The van der Waals surface area contributed by atoms with Gasteiger partial charge in [-0.25, -0.2) is 0 Å². The Morgan fingerprint density at radius 1 is 1.25 bits per heavy atom. The molecule has 0 saturated heterocycles. The van der Waals surface area contributed by atoms with Gasteiger partial charge in [-0.3, -0.25) is 0 Å². The minimum absolute atomic E-state index is 0.231. The molecule has 1 aliphatic carbocycles. The Morgan fingerprint density at radius 2 is 1.83 bits per heavy atom. The van der Waals surface area contributed by atoms with Crippen molar-refractivity contribution in [3.05, 3.63) is 11.6 Å². The molecule has 0 radical (unpaired) electrons. The van der Waals surface area contributed by atoms with Crippen LogP contribution in [0.2, 0.25) is 0 Å². The van der Waals surface area contributed by atoms with Gasteiger partial charge in [0.05, 0.1) is 12.7 Å². The molecule has 1 aliphatic rings. The van der Waals surface area contributed by atoms with Gasteiger partial charge in [0, 0.05) is 5.92 Å². The summed E-state index contributed by atoms with van der Waals surface area (Å²) in [7, 11) is 0. The largest absolute Gasteiger partial charge is 0.392 e. The third-order valence-electron chi connectivity index (χ3n) is 2.25. The van der Waals surface area contributed by atoms with E-state index in [1.54, 1.807) is 13.0 Å². The maximum atomic E-state index is 9.29. The van der Waals surface area contributed by atoms with Crippen molar-refractivity contribution in [1.82, 2.24) is 0 Å². The van der Waals surface area contributed by atoms with Crippen LogP contribution >= 0.6 is 0 Å². The zero-order valence-corrected chi connectivity index (χ0v) is 6.88. The first kappa shape index (κ1) is 9.67. The molecule has 4 unspecified atom stereocenters. The molecule has 0 fully saturated rings. The molecule has 4 nitrogen and oxygen atoms in total. The van der Waals surface area contributed by atoms with Crippen molar-refractivity contribution in [2.24, 2.45) is 5.92 Å². The van der Waals surface area contributed by atoms with Crippen LogP contribution in [0.15, 0.2) is 11.6 Å². The van der Waals surface area contributed by atoms with E-state index in [0.29, 0.717) is 5.57 Å². The topological polar surface area (TPSA) is 80.9 Å². The fourth-order valence-electron chi connectivity index (χ4n) is 1.40. The molecule has 0 bridgehead atoms. The van der Waals surface area contributed by atoms with Crippen molar-refractivity contribution in [1.29, 1.82) is 0 Å². The van der Waals surface area contributed by atoms with E-state index in [0.717, 1.165) is 0 Å². The van der Waals surface area contributed by atoms with E-state index < -0.39 is 18.3 Å². The minimum Gasteiger partial charge on any atom is -0.392 e. The second kappa shape index (κ2) is 3.53. The highest BCUT2D eigenvalue weighted by atomic mass is 16.4. The van der Waals surface area contributed by atoms with E-state index in [1.165, 1.54) is 0 Å². The zero-order valence-electron chi connectivity index (χ0n) is 6.88. The van der Waals surface area contributed by atoms with Crippen LogP contribution in [-0.4, -0.2) is 45.3 Å². The van der Waals surface area contributed by atoms with Crippen LogP contribution in [0.1, 0.15) is 6.92 Å². The number of hydrogen-bond donors (Lipinski definition) is 4. The molecule has 0 aliphatic heterocycles. The van der Waals surface area contributed by atoms with Crippen LogP contribution in [0.3, 0.4) is 0 Å². The third-order valence-corrected chi connectivity index (χ3v) is 2.25. The lowest BCUT2D eigenvalue weighted by atomic mass is 9.85. The quantitative estimate of drug-likeness (QED) is 0.370. The van der Waals surface area contributed by atoms with Crippen molar-refractivity contribution in [3.8, 4) is 0 Å². The first-order valence-corrected chi connectivity index (χ1v) is 3.93. The molecular formula is C8H14O4. The molecule has 0 saturated carbocycles. The minimum atomic E-state index is -1.19. The summed E-state index contributed by atoms with van der Waals surface area (Å²) in [6.45, 7) is 1.44. The first-order valence-electron chi connectivity index (χ1n) is 3.93. The summed E-state index contributed by atoms with van der Waals surface area (Å²) in [6, 6.07) is 0. The normalized spacial score (nSPS) is 42.6. The number of aliphatic hydroxyl groups is 4. The summed E-state index contributed by atoms with van der Waals surface area (Å²) in [4.78, 5) is 0. The van der Waals surface area contributed by atoms with Gasteiger partial charge in [-0.2, -0.15) is 0 Å². The van der Waals surface area contributed by atoms with Crippen molar-refractivity contribution < 1.29 is 20.4 Å². The predicted octanol–water partition coefficient (Wildman–Crippen LogP) is -1.36. The summed E-state index contributed by atoms with van der Waals surface area (Å²) in [6.07, 6.45) is -1.69. The van der Waals surface area contributed by atoms with Crippen molar-refractivity contribution in [2.45, 2.75) is 25.2 Å². The second-order valence-corrected chi connectivity index (χ2v) is 3.18. The van der Waals surface area contributed by atoms with Gasteiger partial charge in [0.15, 0.2) is 0 Å². The van der Waals surface area contributed by atoms with Crippen LogP contribution in [0.4, 0.5) is 0 Å². The number of aliphatic hydroxyl groups excluding tert-OH is 4. The fourth-order valence-corrected chi connectivity index (χ4v) is 1.40. The summed E-state index contributed by atoms with van der Waals surface area (Å²) >= 11 is 0. The van der Waals surface area contributed by atoms with Crippen LogP contribution in [0, 0.1) is 5.92 Å². The molecule has 0 spiro atoms. The number of hydrogen-bond acceptors (Lipinski definition) is 4. The van der Waals surface area contributed by atoms with E-state index >= 15 is 0 Å². The monoisotopic (exact) mass is 174 g/mol. The maximum Gasteiger partial charge on any atom is 0.110 e. The third kappa shape index (κ3) is 1.51. The molecule has 0 aromatic carbocycles. The van der Waals surface area contributed by atoms with Gasteiger partial charge in [-0.05, 0) is 5.57 Å². The highest BCUT2D eigenvalue weighted by Crippen LogP contribution is 2.23. The van der Waals surface area contributed by atoms with E-state index in [2.05, 4.69) is 0 Å². The predicted molar refractivity (Wildman–Crippen MR) is 42.4 cm³/mol. The first-order chi connectivity index (χ1) is 5.57. The summed E-state index contributed by atoms with van der Waals surface area (Å²) in [5.41, 5.74) is 0.375. The molecule has 70 valence electrons. The Bertz CT molecular complexity index is 189. The standard InChI is InChI=1S/C8H14O4/c1-4-2-5(3-9)7(11)8(12)6(4)10/h2,4,6-12H,3H2,1H3. The second-order valence-electron chi connectivity index (χ2n) is 3.18. The van der Waals surface area contributed by atoms with Gasteiger partial charge in [0.1, 0.15) is 12.2 Å². The van der Waals surface area contributed by atoms with Crippen molar-refractivity contribution in [2.75, 3.05) is 6.61 Å². The SMILES string of the molecule is CC1C=C(CO)C(O)C(O)C1O. The Labute approximate surface area is 70.8 Å². The molecule has 0 heterocycles. The number of rotatable bonds is 1. The van der Waals surface area contributed by atoms with Crippen LogP contribution < -0.4 is 0 Å². The lowest BCUT2D eigenvalue weighted by Gasteiger charge is -2.32. The van der Waals surface area contributed by atoms with E-state index in [9.17, 15) is 15.3 Å². The van der Waals surface area contributed by atoms with Gasteiger partial charge in [0.2, 0.25) is 0 Å². The average Bonchev–Trinajstić information content (AvgIpc) is 2.08. The molecule has 4 atom stereocenters. The molecular weight excluding hydrogens is 160 g/mol. The summed E-state index contributed by atoms with van der Waals surface area (Å²) in [5.74, 6) is -0.231.